The maximum absolute atomic E-state index is 13.0. The first-order valence-corrected chi connectivity index (χ1v) is 10.5. The van der Waals surface area contributed by atoms with Crippen LogP contribution in [0, 0.1) is 5.82 Å². The highest BCUT2D eigenvalue weighted by Gasteiger charge is 2.15. The van der Waals surface area contributed by atoms with Crippen LogP contribution >= 0.6 is 11.8 Å². The molecule has 3 aromatic carbocycles. The zero-order chi connectivity index (χ0) is 20.8. The van der Waals surface area contributed by atoms with Gasteiger partial charge in [0.15, 0.2) is 5.16 Å². The standard InChI is InChI=1S/C24H20FN3OS/c25-20-13-11-17(12-14-20)15-26-21(29)16-30-24-27-22(18-7-3-1-4-8-18)23(28-24)19-9-5-2-6-10-19/h1-14H,15-16H2,(H,26,29)(H,27,28). The molecule has 0 bridgehead atoms. The summed E-state index contributed by atoms with van der Waals surface area (Å²) in [4.78, 5) is 20.3. The molecule has 0 saturated heterocycles. The Morgan fingerprint density at radius 2 is 1.53 bits per heavy atom. The summed E-state index contributed by atoms with van der Waals surface area (Å²) in [5, 5.41) is 3.53. The molecule has 2 N–H and O–H groups in total. The smallest absolute Gasteiger partial charge is 0.230 e. The Bertz CT molecular complexity index is 1060. The van der Waals surface area contributed by atoms with Crippen LogP contribution in [-0.4, -0.2) is 21.6 Å². The van der Waals surface area contributed by atoms with Gasteiger partial charge in [0.2, 0.25) is 5.91 Å². The molecule has 0 unspecified atom stereocenters. The number of nitrogens with one attached hydrogen (secondary N) is 2. The second kappa shape index (κ2) is 9.41. The summed E-state index contributed by atoms with van der Waals surface area (Å²) in [7, 11) is 0. The van der Waals surface area contributed by atoms with Crippen molar-refractivity contribution in [3.05, 3.63) is 96.3 Å². The Balaban J connectivity index is 1.46. The van der Waals surface area contributed by atoms with Crippen LogP contribution in [0.4, 0.5) is 4.39 Å². The minimum Gasteiger partial charge on any atom is -0.351 e. The second-order valence-corrected chi connectivity index (χ2v) is 7.65. The van der Waals surface area contributed by atoms with E-state index in [1.807, 2.05) is 60.7 Å². The number of amides is 1. The SMILES string of the molecule is O=C(CSc1nc(-c2ccccc2)c(-c2ccccc2)[nH]1)NCc1ccc(F)cc1. The van der Waals surface area contributed by atoms with Crippen LogP contribution in [0.15, 0.2) is 90.1 Å². The fourth-order valence-electron chi connectivity index (χ4n) is 3.03. The number of rotatable bonds is 7. The van der Waals surface area contributed by atoms with Crippen molar-refractivity contribution in [1.82, 2.24) is 15.3 Å². The molecule has 30 heavy (non-hydrogen) atoms. The van der Waals surface area contributed by atoms with Gasteiger partial charge >= 0.3 is 0 Å². The molecule has 1 heterocycles. The summed E-state index contributed by atoms with van der Waals surface area (Å²) < 4.78 is 13.0. The molecule has 0 aliphatic heterocycles. The molecule has 1 aromatic heterocycles. The van der Waals surface area contributed by atoms with E-state index in [4.69, 9.17) is 4.98 Å². The summed E-state index contributed by atoms with van der Waals surface area (Å²) in [6.45, 7) is 0.363. The molecule has 6 heteroatoms. The highest BCUT2D eigenvalue weighted by molar-refractivity contribution is 7.99. The number of aromatic nitrogens is 2. The van der Waals surface area contributed by atoms with Crippen molar-refractivity contribution in [2.24, 2.45) is 0 Å². The molecular formula is C24H20FN3OS. The molecule has 4 aromatic rings. The van der Waals surface area contributed by atoms with E-state index >= 15 is 0 Å². The molecule has 0 aliphatic carbocycles. The van der Waals surface area contributed by atoms with E-state index in [-0.39, 0.29) is 17.5 Å². The molecule has 0 saturated carbocycles. The molecule has 4 rings (SSSR count). The molecule has 1 amide bonds. The third-order valence-corrected chi connectivity index (χ3v) is 5.41. The van der Waals surface area contributed by atoms with E-state index in [1.54, 1.807) is 12.1 Å². The summed E-state index contributed by atoms with van der Waals surface area (Å²) in [5.41, 5.74) is 4.69. The molecular weight excluding hydrogens is 397 g/mol. The number of imidazole rings is 1. The van der Waals surface area contributed by atoms with Gasteiger partial charge in [-0.1, -0.05) is 84.6 Å². The highest BCUT2D eigenvalue weighted by atomic mass is 32.2. The maximum atomic E-state index is 13.0. The van der Waals surface area contributed by atoms with Crippen molar-refractivity contribution in [1.29, 1.82) is 0 Å². The average molecular weight is 418 g/mol. The molecule has 0 aliphatic rings. The lowest BCUT2D eigenvalue weighted by Gasteiger charge is -2.04. The van der Waals surface area contributed by atoms with Crippen LogP contribution in [0.2, 0.25) is 0 Å². The monoisotopic (exact) mass is 417 g/mol. The number of thioether (sulfide) groups is 1. The number of hydrogen-bond donors (Lipinski definition) is 2. The average Bonchev–Trinajstić information content (AvgIpc) is 3.23. The molecule has 0 spiro atoms. The summed E-state index contributed by atoms with van der Waals surface area (Å²) in [5.74, 6) is -0.165. The lowest BCUT2D eigenvalue weighted by Crippen LogP contribution is -2.24. The van der Waals surface area contributed by atoms with Gasteiger partial charge in [-0.05, 0) is 17.7 Å². The van der Waals surface area contributed by atoms with Crippen molar-refractivity contribution in [2.75, 3.05) is 5.75 Å². The van der Waals surface area contributed by atoms with Crippen LogP contribution in [0.3, 0.4) is 0 Å². The van der Waals surface area contributed by atoms with E-state index in [0.29, 0.717) is 11.7 Å². The maximum Gasteiger partial charge on any atom is 0.230 e. The van der Waals surface area contributed by atoms with Crippen LogP contribution < -0.4 is 5.32 Å². The van der Waals surface area contributed by atoms with Crippen molar-refractivity contribution < 1.29 is 9.18 Å². The van der Waals surface area contributed by atoms with Crippen molar-refractivity contribution in [3.8, 4) is 22.5 Å². The topological polar surface area (TPSA) is 57.8 Å². The third kappa shape index (κ3) is 4.96. The fraction of sp³-hybridized carbons (Fsp3) is 0.0833. The fourth-order valence-corrected chi connectivity index (χ4v) is 3.73. The lowest BCUT2D eigenvalue weighted by atomic mass is 10.1. The Morgan fingerprint density at radius 1 is 0.900 bits per heavy atom. The van der Waals surface area contributed by atoms with Gasteiger partial charge in [-0.3, -0.25) is 4.79 Å². The summed E-state index contributed by atoms with van der Waals surface area (Å²) >= 11 is 1.35. The molecule has 150 valence electrons. The number of H-pyrrole nitrogens is 1. The Morgan fingerprint density at radius 3 is 2.20 bits per heavy atom. The van der Waals surface area contributed by atoms with Crippen LogP contribution in [0.5, 0.6) is 0 Å². The van der Waals surface area contributed by atoms with Gasteiger partial charge in [0, 0.05) is 17.7 Å². The van der Waals surface area contributed by atoms with Crippen molar-refractivity contribution in [3.63, 3.8) is 0 Å². The molecule has 0 fully saturated rings. The summed E-state index contributed by atoms with van der Waals surface area (Å²) in [6.07, 6.45) is 0. The van der Waals surface area contributed by atoms with Gasteiger partial charge in [0.05, 0.1) is 17.1 Å². The Labute approximate surface area is 178 Å². The Kier molecular flexibility index (Phi) is 6.25. The minimum absolute atomic E-state index is 0.108. The predicted octanol–water partition coefficient (Wildman–Crippen LogP) is 5.29. The molecule has 0 radical (unpaired) electrons. The minimum atomic E-state index is -0.290. The number of nitrogens with zero attached hydrogens (tertiary/aromatic N) is 1. The van der Waals surface area contributed by atoms with Gasteiger partial charge in [-0.15, -0.1) is 0 Å². The first kappa shape index (κ1) is 19.9. The van der Waals surface area contributed by atoms with Gasteiger partial charge in [0.25, 0.3) is 0 Å². The number of aromatic amines is 1. The van der Waals surface area contributed by atoms with Crippen LogP contribution in [0.1, 0.15) is 5.56 Å². The summed E-state index contributed by atoms with van der Waals surface area (Å²) in [6, 6.07) is 26.1. The van der Waals surface area contributed by atoms with Crippen molar-refractivity contribution in [2.45, 2.75) is 11.7 Å². The number of halogens is 1. The van der Waals surface area contributed by atoms with E-state index in [1.165, 1.54) is 23.9 Å². The van der Waals surface area contributed by atoms with Gasteiger partial charge in [0.1, 0.15) is 5.82 Å². The molecule has 0 atom stereocenters. The zero-order valence-electron chi connectivity index (χ0n) is 16.1. The van der Waals surface area contributed by atoms with Gasteiger partial charge in [-0.25, -0.2) is 9.37 Å². The number of benzene rings is 3. The highest BCUT2D eigenvalue weighted by Crippen LogP contribution is 2.32. The number of hydrogen-bond acceptors (Lipinski definition) is 3. The van der Waals surface area contributed by atoms with Gasteiger partial charge < -0.3 is 10.3 Å². The first-order chi connectivity index (χ1) is 14.7. The van der Waals surface area contributed by atoms with Crippen LogP contribution in [0.25, 0.3) is 22.5 Å². The van der Waals surface area contributed by atoms with E-state index < -0.39 is 0 Å². The Hall–Kier alpha value is -3.38. The predicted molar refractivity (Wildman–Crippen MR) is 118 cm³/mol. The number of carbonyl (C=O) groups is 1. The van der Waals surface area contributed by atoms with Crippen LogP contribution in [-0.2, 0) is 11.3 Å². The lowest BCUT2D eigenvalue weighted by molar-refractivity contribution is -0.118. The van der Waals surface area contributed by atoms with E-state index in [0.717, 1.165) is 28.1 Å². The quantitative estimate of drug-likeness (QED) is 0.402. The van der Waals surface area contributed by atoms with E-state index in [9.17, 15) is 9.18 Å². The second-order valence-electron chi connectivity index (χ2n) is 6.69. The normalized spacial score (nSPS) is 10.7. The van der Waals surface area contributed by atoms with Gasteiger partial charge in [-0.2, -0.15) is 0 Å². The third-order valence-electron chi connectivity index (χ3n) is 4.53. The van der Waals surface area contributed by atoms with Crippen molar-refractivity contribution >= 4 is 17.7 Å². The first-order valence-electron chi connectivity index (χ1n) is 9.54. The van der Waals surface area contributed by atoms with E-state index in [2.05, 4.69) is 10.3 Å². The largest absolute Gasteiger partial charge is 0.351 e. The number of carbonyl (C=O) groups excluding carboxylic acids is 1. The zero-order valence-corrected chi connectivity index (χ0v) is 17.0. The molecule has 4 nitrogen and oxygen atoms in total.